The third-order valence-corrected chi connectivity index (χ3v) is 3.85. The van der Waals surface area contributed by atoms with E-state index >= 15 is 0 Å². The molecule has 0 aliphatic heterocycles. The van der Waals surface area contributed by atoms with Crippen LogP contribution in [0.1, 0.15) is 36.5 Å². The van der Waals surface area contributed by atoms with Gasteiger partial charge in [-0.1, -0.05) is 43.6 Å². The lowest BCUT2D eigenvalue weighted by Gasteiger charge is -2.15. The Kier molecular flexibility index (Phi) is 5.67. The highest BCUT2D eigenvalue weighted by atomic mass is 35.5. The number of hydrogen-bond acceptors (Lipinski definition) is 2. The van der Waals surface area contributed by atoms with E-state index in [1.54, 1.807) is 0 Å². The normalized spacial score (nSPS) is 10.7. The second kappa shape index (κ2) is 7.51. The van der Waals surface area contributed by atoms with E-state index in [-0.39, 0.29) is 12.5 Å². The molecule has 0 unspecified atom stereocenters. The average molecular weight is 332 g/mol. The number of rotatable bonds is 5. The van der Waals surface area contributed by atoms with E-state index in [9.17, 15) is 4.79 Å². The Morgan fingerprint density at radius 2 is 1.78 bits per heavy atom. The Morgan fingerprint density at radius 3 is 2.39 bits per heavy atom. The summed E-state index contributed by atoms with van der Waals surface area (Å²) in [5, 5.41) is 3.59. The summed E-state index contributed by atoms with van der Waals surface area (Å²) in [5.74, 6) is 0.877. The van der Waals surface area contributed by atoms with Gasteiger partial charge >= 0.3 is 0 Å². The van der Waals surface area contributed by atoms with Crippen molar-refractivity contribution in [2.75, 3.05) is 11.9 Å². The first-order chi connectivity index (χ1) is 10.9. The first kappa shape index (κ1) is 17.4. The summed E-state index contributed by atoms with van der Waals surface area (Å²) in [6.07, 6.45) is 0. The monoisotopic (exact) mass is 331 g/mol. The molecule has 3 nitrogen and oxygen atoms in total. The summed E-state index contributed by atoms with van der Waals surface area (Å²) in [7, 11) is 0. The van der Waals surface area contributed by atoms with Crippen LogP contribution in [0.3, 0.4) is 0 Å². The molecule has 0 saturated heterocycles. The van der Waals surface area contributed by atoms with Crippen LogP contribution in [-0.2, 0) is 4.79 Å². The van der Waals surface area contributed by atoms with Crippen LogP contribution in [0.25, 0.3) is 0 Å². The lowest BCUT2D eigenvalue weighted by molar-refractivity contribution is -0.118. The Balaban J connectivity index is 2.04. The number of halogens is 1. The third-order valence-electron chi connectivity index (χ3n) is 3.63. The lowest BCUT2D eigenvalue weighted by atomic mass is 10.0. The molecule has 1 amide bonds. The van der Waals surface area contributed by atoms with Gasteiger partial charge in [0.2, 0.25) is 0 Å². The van der Waals surface area contributed by atoms with Crippen LogP contribution >= 0.6 is 11.6 Å². The van der Waals surface area contributed by atoms with Gasteiger partial charge in [-0.05, 0) is 54.7 Å². The molecule has 4 heteroatoms. The van der Waals surface area contributed by atoms with Gasteiger partial charge in [0, 0.05) is 10.7 Å². The maximum atomic E-state index is 12.2. The van der Waals surface area contributed by atoms with Crippen LogP contribution < -0.4 is 10.1 Å². The molecule has 23 heavy (non-hydrogen) atoms. The molecule has 0 spiro atoms. The van der Waals surface area contributed by atoms with Gasteiger partial charge in [-0.2, -0.15) is 0 Å². The minimum atomic E-state index is -0.174. The predicted molar refractivity (Wildman–Crippen MR) is 95.6 cm³/mol. The highest BCUT2D eigenvalue weighted by Gasteiger charge is 2.11. The van der Waals surface area contributed by atoms with Gasteiger partial charge in [0.15, 0.2) is 6.61 Å². The highest BCUT2D eigenvalue weighted by Crippen LogP contribution is 2.27. The van der Waals surface area contributed by atoms with Crippen LogP contribution in [0.5, 0.6) is 5.75 Å². The van der Waals surface area contributed by atoms with Crippen molar-refractivity contribution in [3.63, 3.8) is 0 Å². The van der Waals surface area contributed by atoms with Crippen molar-refractivity contribution in [1.82, 2.24) is 0 Å². The Bertz CT molecular complexity index is 687. The SMILES string of the molecule is Cc1cc(Cl)cc(C)c1OCC(=O)Nc1ccccc1C(C)C. The maximum absolute atomic E-state index is 12.2. The number of carbonyl (C=O) groups excluding carboxylic acids is 1. The molecule has 0 aliphatic rings. The van der Waals surface area contributed by atoms with Gasteiger partial charge in [-0.15, -0.1) is 0 Å². The third kappa shape index (κ3) is 4.49. The van der Waals surface area contributed by atoms with Crippen LogP contribution in [0.2, 0.25) is 5.02 Å². The molecule has 0 heterocycles. The van der Waals surface area contributed by atoms with E-state index in [0.717, 1.165) is 22.4 Å². The Hall–Kier alpha value is -2.00. The largest absolute Gasteiger partial charge is 0.483 e. The summed E-state index contributed by atoms with van der Waals surface area (Å²) in [6.45, 7) is 8.00. The fourth-order valence-electron chi connectivity index (χ4n) is 2.56. The van der Waals surface area contributed by atoms with Crippen LogP contribution in [0.4, 0.5) is 5.69 Å². The van der Waals surface area contributed by atoms with Crippen LogP contribution in [0.15, 0.2) is 36.4 Å². The van der Waals surface area contributed by atoms with E-state index in [1.807, 2.05) is 50.2 Å². The molecule has 2 aromatic carbocycles. The molecule has 0 aromatic heterocycles. The van der Waals surface area contributed by atoms with E-state index in [4.69, 9.17) is 16.3 Å². The molecule has 0 atom stereocenters. The van der Waals surface area contributed by atoms with Crippen molar-refractivity contribution in [3.05, 3.63) is 58.1 Å². The fraction of sp³-hybridized carbons (Fsp3) is 0.316. The van der Waals surface area contributed by atoms with E-state index in [1.165, 1.54) is 0 Å². The molecule has 2 rings (SSSR count). The second-order valence-electron chi connectivity index (χ2n) is 5.95. The van der Waals surface area contributed by atoms with Crippen molar-refractivity contribution >= 4 is 23.2 Å². The van der Waals surface area contributed by atoms with Crippen molar-refractivity contribution in [2.24, 2.45) is 0 Å². The zero-order chi connectivity index (χ0) is 17.0. The molecule has 122 valence electrons. The summed E-state index contributed by atoms with van der Waals surface area (Å²) < 4.78 is 5.69. The van der Waals surface area contributed by atoms with Crippen molar-refractivity contribution in [2.45, 2.75) is 33.6 Å². The molecule has 0 bridgehead atoms. The molecule has 1 N–H and O–H groups in total. The summed E-state index contributed by atoms with van der Waals surface area (Å²) in [5.41, 5.74) is 3.79. The van der Waals surface area contributed by atoms with Crippen LogP contribution in [0, 0.1) is 13.8 Å². The quantitative estimate of drug-likeness (QED) is 0.828. The van der Waals surface area contributed by atoms with Gasteiger partial charge in [0.05, 0.1) is 0 Å². The Morgan fingerprint density at radius 1 is 1.17 bits per heavy atom. The first-order valence-corrected chi connectivity index (χ1v) is 8.04. The zero-order valence-corrected chi connectivity index (χ0v) is 14.7. The van der Waals surface area contributed by atoms with E-state index in [0.29, 0.717) is 16.7 Å². The Labute approximate surface area is 142 Å². The van der Waals surface area contributed by atoms with Gasteiger partial charge < -0.3 is 10.1 Å². The van der Waals surface area contributed by atoms with E-state index < -0.39 is 0 Å². The molecule has 2 aromatic rings. The molecule has 0 aliphatic carbocycles. The van der Waals surface area contributed by atoms with Gasteiger partial charge in [-0.3, -0.25) is 4.79 Å². The predicted octanol–water partition coefficient (Wildman–Crippen LogP) is 5.10. The number of aryl methyl sites for hydroxylation is 2. The molecule has 0 fully saturated rings. The number of nitrogens with one attached hydrogen (secondary N) is 1. The summed E-state index contributed by atoms with van der Waals surface area (Å²) in [4.78, 5) is 12.2. The fourth-order valence-corrected chi connectivity index (χ4v) is 2.89. The van der Waals surface area contributed by atoms with Crippen LogP contribution in [-0.4, -0.2) is 12.5 Å². The summed E-state index contributed by atoms with van der Waals surface area (Å²) >= 11 is 6.00. The minimum Gasteiger partial charge on any atom is -0.483 e. The topological polar surface area (TPSA) is 38.3 Å². The number of hydrogen-bond donors (Lipinski definition) is 1. The summed E-state index contributed by atoms with van der Waals surface area (Å²) in [6, 6.07) is 11.5. The van der Waals surface area contributed by atoms with Gasteiger partial charge in [0.25, 0.3) is 5.91 Å². The molecule has 0 saturated carbocycles. The van der Waals surface area contributed by atoms with Crippen molar-refractivity contribution in [1.29, 1.82) is 0 Å². The minimum absolute atomic E-state index is 0.0320. The maximum Gasteiger partial charge on any atom is 0.262 e. The number of anilines is 1. The van der Waals surface area contributed by atoms with Gasteiger partial charge in [-0.25, -0.2) is 0 Å². The molecular formula is C19H22ClNO2. The lowest BCUT2D eigenvalue weighted by Crippen LogP contribution is -2.21. The number of ether oxygens (including phenoxy) is 1. The molecule has 0 radical (unpaired) electrons. The number of amides is 1. The first-order valence-electron chi connectivity index (χ1n) is 7.66. The highest BCUT2D eigenvalue weighted by molar-refractivity contribution is 6.30. The second-order valence-corrected chi connectivity index (χ2v) is 6.38. The van der Waals surface area contributed by atoms with E-state index in [2.05, 4.69) is 19.2 Å². The molecular weight excluding hydrogens is 310 g/mol. The van der Waals surface area contributed by atoms with Gasteiger partial charge in [0.1, 0.15) is 5.75 Å². The average Bonchev–Trinajstić information content (AvgIpc) is 2.46. The number of para-hydroxylation sites is 1. The van der Waals surface area contributed by atoms with Crippen molar-refractivity contribution < 1.29 is 9.53 Å². The van der Waals surface area contributed by atoms with Crippen molar-refractivity contribution in [3.8, 4) is 5.75 Å². The number of carbonyl (C=O) groups is 1. The smallest absolute Gasteiger partial charge is 0.262 e. The number of benzene rings is 2. The zero-order valence-electron chi connectivity index (χ0n) is 13.9. The standard InChI is InChI=1S/C19H22ClNO2/c1-12(2)16-7-5-6-8-17(16)21-18(22)11-23-19-13(3)9-15(20)10-14(19)4/h5-10,12H,11H2,1-4H3,(H,21,22).